The minimum absolute atomic E-state index is 0.248. The lowest BCUT2D eigenvalue weighted by atomic mass is 9.94. The smallest absolute Gasteiger partial charge is 0.228 e. The molecular weight excluding hydrogens is 380 g/mol. The number of hydrogen-bond acceptors (Lipinski definition) is 5. The van der Waals surface area contributed by atoms with Gasteiger partial charge in [0.1, 0.15) is 16.5 Å². The molecule has 5 nitrogen and oxygen atoms in total. The molecule has 2 aromatic heterocycles. The predicted molar refractivity (Wildman–Crippen MR) is 121 cm³/mol. The summed E-state index contributed by atoms with van der Waals surface area (Å²) >= 11 is 1.89. The van der Waals surface area contributed by atoms with E-state index < -0.39 is 0 Å². The average molecular weight is 415 g/mol. The topological polar surface area (TPSA) is 49.3 Å². The number of anilines is 1. The van der Waals surface area contributed by atoms with E-state index in [1.807, 2.05) is 37.0 Å². The Morgan fingerprint density at radius 2 is 1.79 bits per heavy atom. The first-order valence-corrected chi connectivity index (χ1v) is 12.0. The van der Waals surface area contributed by atoms with Crippen molar-refractivity contribution in [2.45, 2.75) is 72.6 Å². The molecule has 0 N–H and O–H groups in total. The Hall–Kier alpha value is -1.69. The summed E-state index contributed by atoms with van der Waals surface area (Å²) in [6.07, 6.45) is 5.93. The summed E-state index contributed by atoms with van der Waals surface area (Å²) < 4.78 is 0. The molecule has 0 saturated carbocycles. The van der Waals surface area contributed by atoms with Crippen molar-refractivity contribution in [2.75, 3.05) is 31.1 Å². The zero-order valence-electron chi connectivity index (χ0n) is 18.5. The average Bonchev–Trinajstić information content (AvgIpc) is 3.10. The third-order valence-corrected chi connectivity index (χ3v) is 7.56. The van der Waals surface area contributed by atoms with E-state index in [9.17, 15) is 4.79 Å². The molecule has 1 aliphatic heterocycles. The van der Waals surface area contributed by atoms with Crippen LogP contribution in [0.15, 0.2) is 0 Å². The van der Waals surface area contributed by atoms with E-state index in [4.69, 9.17) is 9.97 Å². The largest absolute Gasteiger partial charge is 0.352 e. The highest BCUT2D eigenvalue weighted by atomic mass is 32.1. The molecule has 158 valence electrons. The first-order valence-electron chi connectivity index (χ1n) is 11.2. The molecule has 1 unspecified atom stereocenters. The van der Waals surface area contributed by atoms with Crippen molar-refractivity contribution in [1.82, 2.24) is 14.9 Å². The van der Waals surface area contributed by atoms with Gasteiger partial charge in [-0.1, -0.05) is 34.6 Å². The second-order valence-electron chi connectivity index (χ2n) is 9.64. The molecule has 1 saturated heterocycles. The monoisotopic (exact) mass is 414 g/mol. The zero-order valence-corrected chi connectivity index (χ0v) is 19.4. The van der Waals surface area contributed by atoms with Crippen LogP contribution in [0.2, 0.25) is 0 Å². The lowest BCUT2D eigenvalue weighted by molar-refractivity contribution is -0.139. The first kappa shape index (κ1) is 20.6. The van der Waals surface area contributed by atoms with Crippen LogP contribution < -0.4 is 4.90 Å². The van der Waals surface area contributed by atoms with Crippen LogP contribution in [0.4, 0.5) is 5.82 Å². The number of thiophene rings is 1. The van der Waals surface area contributed by atoms with Gasteiger partial charge in [0.25, 0.3) is 0 Å². The second-order valence-corrected chi connectivity index (χ2v) is 10.7. The maximum Gasteiger partial charge on any atom is 0.228 e. The third kappa shape index (κ3) is 3.88. The Morgan fingerprint density at radius 3 is 2.45 bits per heavy atom. The Labute approximate surface area is 178 Å². The molecule has 4 rings (SSSR count). The molecule has 1 amide bonds. The highest BCUT2D eigenvalue weighted by Gasteiger charge is 2.31. The fourth-order valence-electron chi connectivity index (χ4n) is 4.38. The molecule has 6 heteroatoms. The molecule has 2 aromatic rings. The number of piperazine rings is 1. The van der Waals surface area contributed by atoms with Gasteiger partial charge in [0.15, 0.2) is 0 Å². The Bertz CT molecular complexity index is 906. The molecule has 0 aromatic carbocycles. The van der Waals surface area contributed by atoms with Crippen molar-refractivity contribution < 1.29 is 4.79 Å². The van der Waals surface area contributed by atoms with E-state index in [1.165, 1.54) is 39.9 Å². The number of hydrogen-bond donors (Lipinski definition) is 0. The van der Waals surface area contributed by atoms with Crippen LogP contribution >= 0.6 is 11.3 Å². The van der Waals surface area contributed by atoms with Crippen LogP contribution in [0, 0.1) is 5.41 Å². The van der Waals surface area contributed by atoms with E-state index in [0.717, 1.165) is 50.7 Å². The SMILES string of the molecule is CCC(C)c1nc(N2CCN(C(=O)C(C)(C)C)CC2)c2c3c(sc2n1)CCCC3. The van der Waals surface area contributed by atoms with Crippen LogP contribution in [0.25, 0.3) is 10.2 Å². The van der Waals surface area contributed by atoms with Crippen molar-refractivity contribution in [3.05, 3.63) is 16.3 Å². The number of aryl methyl sites for hydroxylation is 2. The minimum Gasteiger partial charge on any atom is -0.352 e. The van der Waals surface area contributed by atoms with Crippen LogP contribution in [0.1, 0.15) is 76.1 Å². The number of nitrogens with zero attached hydrogens (tertiary/aromatic N) is 4. The highest BCUT2D eigenvalue weighted by molar-refractivity contribution is 7.19. The highest BCUT2D eigenvalue weighted by Crippen LogP contribution is 2.40. The number of carbonyl (C=O) groups is 1. The van der Waals surface area contributed by atoms with Gasteiger partial charge < -0.3 is 9.80 Å². The normalized spacial score (nSPS) is 18.8. The van der Waals surface area contributed by atoms with E-state index in [0.29, 0.717) is 5.92 Å². The summed E-state index contributed by atoms with van der Waals surface area (Å²) in [6, 6.07) is 0. The van der Waals surface area contributed by atoms with Crippen molar-refractivity contribution in [3.63, 3.8) is 0 Å². The van der Waals surface area contributed by atoms with Crippen LogP contribution in [0.3, 0.4) is 0 Å². The van der Waals surface area contributed by atoms with Gasteiger partial charge in [-0.05, 0) is 37.7 Å². The predicted octanol–water partition coefficient (Wildman–Crippen LogP) is 4.78. The Kier molecular flexibility index (Phi) is 5.58. The summed E-state index contributed by atoms with van der Waals surface area (Å²) in [5.41, 5.74) is 1.18. The molecule has 0 bridgehead atoms. The molecule has 1 aliphatic carbocycles. The number of fused-ring (bicyclic) bond motifs is 3. The molecule has 1 atom stereocenters. The summed E-state index contributed by atoms with van der Waals surface area (Å²) in [7, 11) is 0. The maximum absolute atomic E-state index is 12.7. The maximum atomic E-state index is 12.7. The summed E-state index contributed by atoms with van der Waals surface area (Å²) in [6.45, 7) is 13.7. The van der Waals surface area contributed by atoms with Gasteiger partial charge in [-0.25, -0.2) is 9.97 Å². The van der Waals surface area contributed by atoms with Gasteiger partial charge in [-0.3, -0.25) is 4.79 Å². The van der Waals surface area contributed by atoms with E-state index >= 15 is 0 Å². The first-order chi connectivity index (χ1) is 13.8. The summed E-state index contributed by atoms with van der Waals surface area (Å²) in [5, 5.41) is 1.30. The molecule has 0 spiro atoms. The molecule has 2 aliphatic rings. The fraction of sp³-hybridized carbons (Fsp3) is 0.696. The van der Waals surface area contributed by atoms with E-state index in [-0.39, 0.29) is 11.3 Å². The Balaban J connectivity index is 1.69. The Morgan fingerprint density at radius 1 is 1.10 bits per heavy atom. The van der Waals surface area contributed by atoms with Crippen molar-refractivity contribution >= 4 is 33.3 Å². The number of aromatic nitrogens is 2. The van der Waals surface area contributed by atoms with Gasteiger partial charge in [0, 0.05) is 42.4 Å². The van der Waals surface area contributed by atoms with Gasteiger partial charge >= 0.3 is 0 Å². The third-order valence-electron chi connectivity index (χ3n) is 6.37. The van der Waals surface area contributed by atoms with Crippen molar-refractivity contribution in [3.8, 4) is 0 Å². The van der Waals surface area contributed by atoms with Crippen LogP contribution in [0.5, 0.6) is 0 Å². The van der Waals surface area contributed by atoms with Crippen LogP contribution in [-0.2, 0) is 17.6 Å². The lowest BCUT2D eigenvalue weighted by Crippen LogP contribution is -2.52. The van der Waals surface area contributed by atoms with E-state index in [2.05, 4.69) is 18.7 Å². The quantitative estimate of drug-likeness (QED) is 0.725. The summed E-state index contributed by atoms with van der Waals surface area (Å²) in [5.74, 6) is 2.70. The van der Waals surface area contributed by atoms with Crippen molar-refractivity contribution in [1.29, 1.82) is 0 Å². The molecular formula is C23H34N4OS. The minimum atomic E-state index is -0.319. The lowest BCUT2D eigenvalue weighted by Gasteiger charge is -2.38. The zero-order chi connectivity index (χ0) is 20.8. The number of carbonyl (C=O) groups excluding carboxylic acids is 1. The summed E-state index contributed by atoms with van der Waals surface area (Å²) in [4.78, 5) is 29.9. The van der Waals surface area contributed by atoms with Crippen molar-refractivity contribution in [2.24, 2.45) is 5.41 Å². The van der Waals surface area contributed by atoms with Gasteiger partial charge in [-0.2, -0.15) is 0 Å². The van der Waals surface area contributed by atoms with Gasteiger partial charge in [-0.15, -0.1) is 11.3 Å². The molecule has 0 radical (unpaired) electrons. The van der Waals surface area contributed by atoms with E-state index in [1.54, 1.807) is 0 Å². The van der Waals surface area contributed by atoms with Gasteiger partial charge in [0.05, 0.1) is 5.39 Å². The van der Waals surface area contributed by atoms with Crippen LogP contribution in [-0.4, -0.2) is 47.0 Å². The molecule has 29 heavy (non-hydrogen) atoms. The number of amides is 1. The number of rotatable bonds is 3. The molecule has 1 fully saturated rings. The van der Waals surface area contributed by atoms with Gasteiger partial charge in [0.2, 0.25) is 5.91 Å². The standard InChI is InChI=1S/C23H34N4OS/c1-6-15(2)19-24-20(18-16-9-7-8-10-17(16)29-21(18)25-19)26-11-13-27(14-12-26)22(28)23(3,4)5/h15H,6-14H2,1-5H3. The fourth-order valence-corrected chi connectivity index (χ4v) is 5.64. The second kappa shape index (κ2) is 7.86. The molecule has 3 heterocycles.